The van der Waals surface area contributed by atoms with E-state index < -0.39 is 0 Å². The Bertz CT molecular complexity index is 995. The maximum absolute atomic E-state index is 12.3. The third-order valence-corrected chi connectivity index (χ3v) is 4.81. The molecular weight excluding hydrogens is 318 g/mol. The number of nitrogens with zero attached hydrogens (tertiary/aromatic N) is 1. The fourth-order valence-corrected chi connectivity index (χ4v) is 3.43. The third kappa shape index (κ3) is 2.49. The van der Waals surface area contributed by atoms with Gasteiger partial charge in [0.05, 0.1) is 21.8 Å². The monoisotopic (exact) mass is 333 g/mol. The summed E-state index contributed by atoms with van der Waals surface area (Å²) in [5, 5.41) is 9.11. The molecule has 5 heteroatoms. The Morgan fingerprint density at radius 1 is 1.08 bits per heavy atom. The Morgan fingerprint density at radius 2 is 1.96 bits per heavy atom. The number of benzene rings is 1. The Morgan fingerprint density at radius 3 is 2.75 bits per heavy atom. The van der Waals surface area contributed by atoms with Crippen LogP contribution in [0.4, 0.5) is 11.4 Å². The van der Waals surface area contributed by atoms with E-state index >= 15 is 0 Å². The molecule has 4 nitrogen and oxygen atoms in total. The number of anilines is 2. The maximum atomic E-state index is 12.3. The normalized spacial score (nSPS) is 10.9. The molecule has 24 heavy (non-hydrogen) atoms. The van der Waals surface area contributed by atoms with Crippen molar-refractivity contribution in [1.29, 1.82) is 0 Å². The van der Waals surface area contributed by atoms with E-state index in [1.807, 2.05) is 61.0 Å². The van der Waals surface area contributed by atoms with Gasteiger partial charge in [0.25, 0.3) is 5.91 Å². The molecule has 2 heterocycles. The minimum atomic E-state index is -0.101. The average Bonchev–Trinajstić information content (AvgIpc) is 3.19. The van der Waals surface area contributed by atoms with E-state index in [-0.39, 0.29) is 5.91 Å². The van der Waals surface area contributed by atoms with E-state index in [9.17, 15) is 4.79 Å². The van der Waals surface area contributed by atoms with Crippen LogP contribution in [0.2, 0.25) is 0 Å². The van der Waals surface area contributed by atoms with Crippen molar-refractivity contribution in [3.63, 3.8) is 0 Å². The van der Waals surface area contributed by atoms with Crippen molar-refractivity contribution in [2.75, 3.05) is 17.7 Å². The number of amides is 1. The summed E-state index contributed by atoms with van der Waals surface area (Å²) < 4.78 is 0. The zero-order valence-electron chi connectivity index (χ0n) is 13.0. The molecule has 1 aliphatic carbocycles. The maximum Gasteiger partial charge on any atom is 0.265 e. The van der Waals surface area contributed by atoms with Crippen molar-refractivity contribution >= 4 is 39.5 Å². The van der Waals surface area contributed by atoms with Gasteiger partial charge in [-0.05, 0) is 29.6 Å². The molecule has 2 aliphatic rings. The topological polar surface area (TPSA) is 54.0 Å². The first-order valence-corrected chi connectivity index (χ1v) is 8.49. The average molecular weight is 333 g/mol. The first-order valence-electron chi connectivity index (χ1n) is 7.61. The number of carbonyl (C=O) groups excluding carboxylic acids is 1. The zero-order valence-corrected chi connectivity index (χ0v) is 13.9. The summed E-state index contributed by atoms with van der Waals surface area (Å²) in [7, 11) is 1.89. The molecule has 1 aromatic carbocycles. The molecule has 0 saturated carbocycles. The molecule has 0 fully saturated rings. The second-order valence-electron chi connectivity index (χ2n) is 5.42. The number of hydrogen-bond acceptors (Lipinski definition) is 4. The highest BCUT2D eigenvalue weighted by Gasteiger charge is 2.14. The fourth-order valence-electron chi connectivity index (χ4n) is 2.81. The molecule has 1 aliphatic heterocycles. The van der Waals surface area contributed by atoms with Gasteiger partial charge in [0.15, 0.2) is 0 Å². The standard InChI is InChI=1S/C19H15N3OS/c1-20-15-8-3-7-14-13-6-2-5-12(11-16(13)22-18(14)15)21-19(23)17-9-4-10-24-17/h2-11,20H,1H3,(H,21,23). The van der Waals surface area contributed by atoms with Crippen LogP contribution in [-0.2, 0) is 0 Å². The second-order valence-corrected chi connectivity index (χ2v) is 6.37. The van der Waals surface area contributed by atoms with E-state index in [1.54, 1.807) is 0 Å². The Labute approximate surface area is 143 Å². The molecule has 0 spiro atoms. The molecule has 118 valence electrons. The van der Waals surface area contributed by atoms with Gasteiger partial charge < -0.3 is 10.6 Å². The lowest BCUT2D eigenvalue weighted by atomic mass is 10.1. The van der Waals surface area contributed by atoms with Gasteiger partial charge in [-0.15, -0.1) is 11.3 Å². The molecule has 2 aromatic rings. The number of fused-ring (bicyclic) bond motifs is 3. The summed E-state index contributed by atoms with van der Waals surface area (Å²) in [6.07, 6.45) is 0. The smallest absolute Gasteiger partial charge is 0.265 e. The molecular formula is C19H15N3OS. The number of nitrogens with one attached hydrogen (secondary N) is 2. The van der Waals surface area contributed by atoms with Gasteiger partial charge in [-0.2, -0.15) is 0 Å². The quantitative estimate of drug-likeness (QED) is 0.571. The van der Waals surface area contributed by atoms with E-state index in [4.69, 9.17) is 4.98 Å². The zero-order chi connectivity index (χ0) is 16.5. The number of para-hydroxylation sites is 1. The number of aromatic nitrogens is 1. The highest BCUT2D eigenvalue weighted by Crippen LogP contribution is 2.35. The van der Waals surface area contributed by atoms with Gasteiger partial charge >= 0.3 is 0 Å². The Hall–Kier alpha value is -2.92. The molecule has 0 bridgehead atoms. The molecule has 2 N–H and O–H groups in total. The molecule has 0 radical (unpaired) electrons. The minimum Gasteiger partial charge on any atom is -0.386 e. The van der Waals surface area contributed by atoms with Crippen molar-refractivity contribution in [3.8, 4) is 11.3 Å². The summed E-state index contributed by atoms with van der Waals surface area (Å²) in [4.78, 5) is 17.7. The molecule has 1 amide bonds. The summed E-state index contributed by atoms with van der Waals surface area (Å²) >= 11 is 1.42. The Balaban J connectivity index is 1.78. The van der Waals surface area contributed by atoms with Crippen molar-refractivity contribution in [2.24, 2.45) is 0 Å². The third-order valence-electron chi connectivity index (χ3n) is 3.94. The van der Waals surface area contributed by atoms with Crippen molar-refractivity contribution in [2.45, 2.75) is 0 Å². The van der Waals surface area contributed by atoms with Crippen LogP contribution in [-0.4, -0.2) is 17.9 Å². The summed E-state index contributed by atoms with van der Waals surface area (Å²) in [5.41, 5.74) is 4.60. The van der Waals surface area contributed by atoms with Crippen molar-refractivity contribution < 1.29 is 4.79 Å². The van der Waals surface area contributed by atoms with E-state index in [0.29, 0.717) is 4.88 Å². The van der Waals surface area contributed by atoms with Crippen LogP contribution in [0.3, 0.4) is 0 Å². The van der Waals surface area contributed by atoms with Crippen LogP contribution in [0.15, 0.2) is 60.0 Å². The van der Waals surface area contributed by atoms with Crippen LogP contribution >= 0.6 is 11.3 Å². The lowest BCUT2D eigenvalue weighted by Crippen LogP contribution is -2.09. The van der Waals surface area contributed by atoms with Crippen molar-refractivity contribution in [3.05, 3.63) is 64.9 Å². The predicted octanol–water partition coefficient (Wildman–Crippen LogP) is 4.70. The van der Waals surface area contributed by atoms with E-state index in [1.165, 1.54) is 11.3 Å². The van der Waals surface area contributed by atoms with Crippen LogP contribution in [0, 0.1) is 0 Å². The fraction of sp³-hybridized carbons (Fsp3) is 0.0526. The number of thiophene rings is 1. The number of hydrogen-bond donors (Lipinski definition) is 2. The van der Waals surface area contributed by atoms with Gasteiger partial charge in [0.1, 0.15) is 0 Å². The molecule has 0 saturated heterocycles. The van der Waals surface area contributed by atoms with Crippen LogP contribution < -0.4 is 10.6 Å². The minimum absolute atomic E-state index is 0.101. The van der Waals surface area contributed by atoms with Gasteiger partial charge in [0, 0.05) is 23.7 Å². The first kappa shape index (κ1) is 14.7. The summed E-state index contributed by atoms with van der Waals surface area (Å²) in [6, 6.07) is 17.6. The van der Waals surface area contributed by atoms with Crippen LogP contribution in [0.25, 0.3) is 22.2 Å². The number of carbonyl (C=O) groups is 1. The van der Waals surface area contributed by atoms with Crippen LogP contribution in [0.1, 0.15) is 9.67 Å². The molecule has 1 aromatic heterocycles. The summed E-state index contributed by atoms with van der Waals surface area (Å²) in [5.74, 6) is -0.101. The lowest BCUT2D eigenvalue weighted by molar-refractivity contribution is 0.103. The highest BCUT2D eigenvalue weighted by molar-refractivity contribution is 7.12. The van der Waals surface area contributed by atoms with Gasteiger partial charge in [-0.25, -0.2) is 4.98 Å². The predicted molar refractivity (Wildman–Crippen MR) is 100 cm³/mol. The van der Waals surface area contributed by atoms with Gasteiger partial charge in [0.2, 0.25) is 0 Å². The lowest BCUT2D eigenvalue weighted by Gasteiger charge is -2.01. The number of rotatable bonds is 3. The molecule has 4 rings (SSSR count). The SMILES string of the molecule is CNc1cccc2c3cccc(NC(=O)c4cccs4)cc-3nc12. The van der Waals surface area contributed by atoms with Gasteiger partial charge in [-0.3, -0.25) is 4.79 Å². The highest BCUT2D eigenvalue weighted by atomic mass is 32.1. The molecule has 0 unspecified atom stereocenters. The molecule has 0 atom stereocenters. The summed E-state index contributed by atoms with van der Waals surface area (Å²) in [6.45, 7) is 0. The van der Waals surface area contributed by atoms with Gasteiger partial charge in [-0.1, -0.05) is 30.3 Å². The van der Waals surface area contributed by atoms with Crippen LogP contribution in [0.5, 0.6) is 0 Å². The first-order chi connectivity index (χ1) is 11.8. The second kappa shape index (κ2) is 5.94. The Kier molecular flexibility index (Phi) is 3.63. The largest absolute Gasteiger partial charge is 0.386 e. The van der Waals surface area contributed by atoms with E-state index in [2.05, 4.69) is 16.7 Å². The van der Waals surface area contributed by atoms with E-state index in [0.717, 1.165) is 33.5 Å². The van der Waals surface area contributed by atoms with Crippen molar-refractivity contribution in [1.82, 2.24) is 4.98 Å².